The van der Waals surface area contributed by atoms with Crippen LogP contribution in [0.2, 0.25) is 0 Å². The number of Topliss-reactive ketones (excluding diaryl/α,β-unsaturated/α-hetero) is 1. The summed E-state index contributed by atoms with van der Waals surface area (Å²) in [5.41, 5.74) is 0.106. The lowest BCUT2D eigenvalue weighted by atomic mass is 10.1. The zero-order chi connectivity index (χ0) is 14.4. The van der Waals surface area contributed by atoms with Crippen LogP contribution < -0.4 is 5.32 Å². The minimum Gasteiger partial charge on any atom is -0.357 e. The topological polar surface area (TPSA) is 54.9 Å². The summed E-state index contributed by atoms with van der Waals surface area (Å²) in [6.45, 7) is 4.20. The van der Waals surface area contributed by atoms with Gasteiger partial charge in [0.2, 0.25) is 5.13 Å². The van der Waals surface area contributed by atoms with Crippen LogP contribution in [0.3, 0.4) is 0 Å². The van der Waals surface area contributed by atoms with Gasteiger partial charge >= 0.3 is 0 Å². The van der Waals surface area contributed by atoms with Gasteiger partial charge in [-0.05, 0) is 12.1 Å². The molecule has 0 atom stereocenters. The first-order valence-electron chi connectivity index (χ1n) is 5.79. The highest BCUT2D eigenvalue weighted by molar-refractivity contribution is 8.01. The van der Waals surface area contributed by atoms with Gasteiger partial charge in [0.25, 0.3) is 0 Å². The Bertz CT molecular complexity index is 615. The van der Waals surface area contributed by atoms with E-state index in [1.165, 1.54) is 35.2 Å². The third-order valence-electron chi connectivity index (χ3n) is 2.31. The second-order valence-corrected chi connectivity index (χ2v) is 5.93. The number of rotatable bonds is 7. The van der Waals surface area contributed by atoms with E-state index in [2.05, 4.69) is 22.1 Å². The molecule has 2 aromatic rings. The standard InChI is InChI=1S/C13H12FN3OS2/c1-2-7-15-12-16-17-13(20-12)19-8-11(18)9-5-3-4-6-10(9)14/h2-6H,1,7-8H2,(H,15,16). The first kappa shape index (κ1) is 14.7. The number of nitrogens with zero attached hydrogens (tertiary/aromatic N) is 2. The molecular formula is C13H12FN3OS2. The quantitative estimate of drug-likeness (QED) is 0.483. The second-order valence-electron chi connectivity index (χ2n) is 3.73. The number of ketones is 1. The maximum atomic E-state index is 13.4. The van der Waals surface area contributed by atoms with Gasteiger partial charge in [-0.2, -0.15) is 0 Å². The number of hydrogen-bond donors (Lipinski definition) is 1. The molecule has 0 unspecified atom stereocenters. The van der Waals surface area contributed by atoms with Gasteiger partial charge in [0.1, 0.15) is 5.82 Å². The van der Waals surface area contributed by atoms with Crippen molar-refractivity contribution in [1.29, 1.82) is 0 Å². The summed E-state index contributed by atoms with van der Waals surface area (Å²) in [6.07, 6.45) is 1.72. The van der Waals surface area contributed by atoms with E-state index < -0.39 is 5.82 Å². The van der Waals surface area contributed by atoms with Crippen molar-refractivity contribution in [2.75, 3.05) is 17.6 Å². The van der Waals surface area contributed by atoms with Gasteiger partial charge in [-0.3, -0.25) is 4.79 Å². The third kappa shape index (κ3) is 3.88. The number of halogens is 1. The highest BCUT2D eigenvalue weighted by Gasteiger charge is 2.13. The van der Waals surface area contributed by atoms with Crippen molar-refractivity contribution < 1.29 is 9.18 Å². The molecular weight excluding hydrogens is 297 g/mol. The molecule has 0 saturated heterocycles. The molecule has 0 amide bonds. The lowest BCUT2D eigenvalue weighted by Crippen LogP contribution is -2.04. The Labute approximate surface area is 124 Å². The maximum Gasteiger partial charge on any atom is 0.206 e. The third-order valence-corrected chi connectivity index (χ3v) is 4.32. The molecule has 0 radical (unpaired) electrons. The normalized spacial score (nSPS) is 10.2. The van der Waals surface area contributed by atoms with Crippen molar-refractivity contribution in [1.82, 2.24) is 10.2 Å². The molecule has 4 nitrogen and oxygen atoms in total. The molecule has 2 rings (SSSR count). The molecule has 1 N–H and O–H groups in total. The highest BCUT2D eigenvalue weighted by atomic mass is 32.2. The van der Waals surface area contributed by atoms with Gasteiger partial charge in [0.15, 0.2) is 10.1 Å². The van der Waals surface area contributed by atoms with Gasteiger partial charge in [-0.15, -0.1) is 16.8 Å². The van der Waals surface area contributed by atoms with Gasteiger partial charge in [-0.1, -0.05) is 41.3 Å². The fourth-order valence-corrected chi connectivity index (χ4v) is 3.03. The van der Waals surface area contributed by atoms with E-state index in [1.807, 2.05) is 0 Å². The van der Waals surface area contributed by atoms with Gasteiger partial charge in [0.05, 0.1) is 11.3 Å². The van der Waals surface area contributed by atoms with E-state index in [-0.39, 0.29) is 17.1 Å². The number of carbonyl (C=O) groups excluding carboxylic acids is 1. The number of anilines is 1. The van der Waals surface area contributed by atoms with Gasteiger partial charge in [0, 0.05) is 6.54 Å². The van der Waals surface area contributed by atoms with E-state index in [0.717, 1.165) is 0 Å². The lowest BCUT2D eigenvalue weighted by molar-refractivity contribution is 0.101. The van der Waals surface area contributed by atoms with Crippen molar-refractivity contribution in [3.8, 4) is 0 Å². The van der Waals surface area contributed by atoms with Crippen LogP contribution in [0.15, 0.2) is 41.3 Å². The van der Waals surface area contributed by atoms with Gasteiger partial charge < -0.3 is 5.32 Å². The molecule has 1 aromatic carbocycles. The number of benzene rings is 1. The first-order valence-corrected chi connectivity index (χ1v) is 7.59. The number of hydrogen-bond acceptors (Lipinski definition) is 6. The van der Waals surface area contributed by atoms with Crippen molar-refractivity contribution in [2.24, 2.45) is 0 Å². The fourth-order valence-electron chi connectivity index (χ4n) is 1.39. The molecule has 0 bridgehead atoms. The summed E-state index contributed by atoms with van der Waals surface area (Å²) in [5.74, 6) is -0.621. The number of carbonyl (C=O) groups is 1. The van der Waals surface area contributed by atoms with E-state index in [1.54, 1.807) is 18.2 Å². The van der Waals surface area contributed by atoms with Crippen molar-refractivity contribution in [2.45, 2.75) is 4.34 Å². The summed E-state index contributed by atoms with van der Waals surface area (Å²) in [4.78, 5) is 11.9. The van der Waals surface area contributed by atoms with Crippen LogP contribution in [-0.2, 0) is 0 Å². The summed E-state index contributed by atoms with van der Waals surface area (Å²) in [6, 6.07) is 5.96. The SMILES string of the molecule is C=CCNc1nnc(SCC(=O)c2ccccc2F)s1. The molecule has 0 aliphatic rings. The smallest absolute Gasteiger partial charge is 0.206 e. The Morgan fingerprint density at radius 3 is 3.00 bits per heavy atom. The molecule has 0 spiro atoms. The van der Waals surface area contributed by atoms with Crippen molar-refractivity contribution in [3.63, 3.8) is 0 Å². The van der Waals surface area contributed by atoms with Crippen molar-refractivity contribution >= 4 is 34.0 Å². The van der Waals surface area contributed by atoms with Crippen LogP contribution in [-0.4, -0.2) is 28.3 Å². The minimum atomic E-state index is -0.497. The zero-order valence-corrected chi connectivity index (χ0v) is 12.1. The molecule has 7 heteroatoms. The Morgan fingerprint density at radius 2 is 2.25 bits per heavy atom. The Hall–Kier alpha value is -1.73. The highest BCUT2D eigenvalue weighted by Crippen LogP contribution is 2.26. The number of nitrogens with one attached hydrogen (secondary N) is 1. The van der Waals surface area contributed by atoms with Crippen LogP contribution in [0.25, 0.3) is 0 Å². The lowest BCUT2D eigenvalue weighted by Gasteiger charge is -2.00. The second kappa shape index (κ2) is 7.16. The Balaban J connectivity index is 1.92. The van der Waals surface area contributed by atoms with Crippen LogP contribution in [0.1, 0.15) is 10.4 Å². The molecule has 1 heterocycles. The summed E-state index contributed by atoms with van der Waals surface area (Å²) >= 11 is 2.60. The van der Waals surface area contributed by atoms with Crippen molar-refractivity contribution in [3.05, 3.63) is 48.3 Å². The molecule has 104 valence electrons. The molecule has 0 saturated carbocycles. The predicted octanol–water partition coefficient (Wildman–Crippen LogP) is 3.25. The van der Waals surface area contributed by atoms with Crippen LogP contribution >= 0.6 is 23.1 Å². The summed E-state index contributed by atoms with van der Waals surface area (Å²) in [7, 11) is 0. The van der Waals surface area contributed by atoms with E-state index in [9.17, 15) is 9.18 Å². The van der Waals surface area contributed by atoms with E-state index in [0.29, 0.717) is 16.0 Å². The Kier molecular flexibility index (Phi) is 5.25. The summed E-state index contributed by atoms with van der Waals surface area (Å²) < 4.78 is 14.1. The molecule has 0 aliphatic heterocycles. The van der Waals surface area contributed by atoms with Crippen LogP contribution in [0, 0.1) is 5.82 Å². The number of aromatic nitrogens is 2. The Morgan fingerprint density at radius 1 is 1.45 bits per heavy atom. The van der Waals surface area contributed by atoms with Crippen LogP contribution in [0.5, 0.6) is 0 Å². The average Bonchev–Trinajstić information content (AvgIpc) is 2.91. The fraction of sp³-hybridized carbons (Fsp3) is 0.154. The van der Waals surface area contributed by atoms with E-state index >= 15 is 0 Å². The van der Waals surface area contributed by atoms with Crippen LogP contribution in [0.4, 0.5) is 9.52 Å². The molecule has 1 aromatic heterocycles. The first-order chi connectivity index (χ1) is 9.70. The average molecular weight is 309 g/mol. The van der Waals surface area contributed by atoms with Gasteiger partial charge in [-0.25, -0.2) is 4.39 Å². The molecule has 0 fully saturated rings. The molecule has 20 heavy (non-hydrogen) atoms. The summed E-state index contributed by atoms with van der Waals surface area (Å²) in [5, 5.41) is 11.6. The largest absolute Gasteiger partial charge is 0.357 e. The maximum absolute atomic E-state index is 13.4. The minimum absolute atomic E-state index is 0.106. The van der Waals surface area contributed by atoms with E-state index in [4.69, 9.17) is 0 Å². The monoisotopic (exact) mass is 309 g/mol. The predicted molar refractivity (Wildman–Crippen MR) is 80.1 cm³/mol. The number of thioether (sulfide) groups is 1. The zero-order valence-electron chi connectivity index (χ0n) is 10.5. The molecule has 0 aliphatic carbocycles.